The van der Waals surface area contributed by atoms with Gasteiger partial charge >= 0.3 is 5.97 Å². The Bertz CT molecular complexity index is 371. The van der Waals surface area contributed by atoms with Gasteiger partial charge in [-0.1, -0.05) is 0 Å². The van der Waals surface area contributed by atoms with Gasteiger partial charge in [-0.15, -0.1) is 11.3 Å². The summed E-state index contributed by atoms with van der Waals surface area (Å²) in [6.07, 6.45) is 4.52. The Morgan fingerprint density at radius 2 is 2.40 bits per heavy atom. The van der Waals surface area contributed by atoms with E-state index in [9.17, 15) is 4.79 Å². The van der Waals surface area contributed by atoms with Crippen molar-refractivity contribution in [3.8, 4) is 0 Å². The molecule has 1 heterocycles. The molecule has 1 fully saturated rings. The summed E-state index contributed by atoms with van der Waals surface area (Å²) >= 11 is 3.30. The molecule has 1 N–H and O–H groups in total. The van der Waals surface area contributed by atoms with Crippen molar-refractivity contribution in [3.05, 3.63) is 15.6 Å². The van der Waals surface area contributed by atoms with Crippen LogP contribution in [0.3, 0.4) is 0 Å². The molecule has 0 bridgehead atoms. The number of hydrogen-bond acceptors (Lipinski definition) is 4. The van der Waals surface area contributed by atoms with E-state index in [2.05, 4.69) is 4.98 Å². The summed E-state index contributed by atoms with van der Waals surface area (Å²) < 4.78 is 0. The molecule has 1 aromatic heterocycles. The number of aromatic nitrogens is 1. The van der Waals surface area contributed by atoms with E-state index < -0.39 is 5.97 Å². The molecule has 5 heteroatoms. The van der Waals surface area contributed by atoms with Crippen molar-refractivity contribution >= 4 is 29.1 Å². The monoisotopic (exact) mass is 243 g/mol. The van der Waals surface area contributed by atoms with Crippen LogP contribution in [0, 0.1) is 0 Å². The average Bonchev–Trinajstić information content (AvgIpc) is 2.91. The van der Waals surface area contributed by atoms with E-state index in [1.165, 1.54) is 12.8 Å². The number of carboxylic acid groups (broad SMARTS) is 1. The maximum absolute atomic E-state index is 10.7. The van der Waals surface area contributed by atoms with Gasteiger partial charge in [0.2, 0.25) is 0 Å². The fraction of sp³-hybridized carbons (Fsp3) is 0.600. The van der Waals surface area contributed by atoms with Crippen molar-refractivity contribution in [3.63, 3.8) is 0 Å². The third kappa shape index (κ3) is 2.72. The summed E-state index contributed by atoms with van der Waals surface area (Å²) in [5.41, 5.74) is 1.06. The molecule has 82 valence electrons. The summed E-state index contributed by atoms with van der Waals surface area (Å²) in [6, 6.07) is 0. The minimum atomic E-state index is -0.753. The molecule has 0 unspecified atom stereocenters. The smallest absolute Gasteiger partial charge is 0.308 e. The van der Waals surface area contributed by atoms with Gasteiger partial charge in [0.25, 0.3) is 0 Å². The van der Waals surface area contributed by atoms with Crippen LogP contribution in [0.2, 0.25) is 0 Å². The average molecular weight is 243 g/mol. The zero-order valence-corrected chi connectivity index (χ0v) is 10.2. The van der Waals surface area contributed by atoms with E-state index in [-0.39, 0.29) is 6.42 Å². The van der Waals surface area contributed by atoms with Crippen molar-refractivity contribution in [1.29, 1.82) is 0 Å². The predicted molar refractivity (Wildman–Crippen MR) is 62.6 cm³/mol. The number of rotatable bonds is 5. The summed E-state index contributed by atoms with van der Waals surface area (Å²) in [5.74, 6) is 0.687. The van der Waals surface area contributed by atoms with Gasteiger partial charge in [-0.2, -0.15) is 11.8 Å². The second-order valence-electron chi connectivity index (χ2n) is 3.69. The molecule has 15 heavy (non-hydrogen) atoms. The minimum Gasteiger partial charge on any atom is -0.481 e. The number of thiazole rings is 1. The second-order valence-corrected chi connectivity index (χ2v) is 5.73. The van der Waals surface area contributed by atoms with Crippen LogP contribution < -0.4 is 0 Å². The maximum Gasteiger partial charge on any atom is 0.308 e. The molecule has 0 radical (unpaired) electrons. The lowest BCUT2D eigenvalue weighted by Gasteiger charge is -1.94. The van der Waals surface area contributed by atoms with E-state index >= 15 is 0 Å². The SMILES string of the molecule is CSCc1nc(C2CC2)c(CC(=O)O)s1. The third-order valence-electron chi connectivity index (χ3n) is 2.32. The van der Waals surface area contributed by atoms with Crippen LogP contribution >= 0.6 is 23.1 Å². The fourth-order valence-corrected chi connectivity index (χ4v) is 3.38. The summed E-state index contributed by atoms with van der Waals surface area (Å²) in [7, 11) is 0. The topological polar surface area (TPSA) is 50.2 Å². The highest BCUT2D eigenvalue weighted by Crippen LogP contribution is 2.43. The van der Waals surface area contributed by atoms with E-state index in [1.54, 1.807) is 23.1 Å². The first-order valence-corrected chi connectivity index (χ1v) is 7.11. The first kappa shape index (κ1) is 11.0. The van der Waals surface area contributed by atoms with Gasteiger partial charge in [0, 0.05) is 16.5 Å². The summed E-state index contributed by atoms with van der Waals surface area (Å²) in [5, 5.41) is 9.88. The second kappa shape index (κ2) is 4.53. The first-order valence-electron chi connectivity index (χ1n) is 4.90. The molecule has 1 saturated carbocycles. The van der Waals surface area contributed by atoms with Crippen molar-refractivity contribution < 1.29 is 9.90 Å². The van der Waals surface area contributed by atoms with Gasteiger partial charge in [-0.25, -0.2) is 4.98 Å². The van der Waals surface area contributed by atoms with Crippen LogP contribution in [0.15, 0.2) is 0 Å². The summed E-state index contributed by atoms with van der Waals surface area (Å²) in [6.45, 7) is 0. The Kier molecular flexibility index (Phi) is 3.31. The van der Waals surface area contributed by atoms with Crippen LogP contribution in [0.25, 0.3) is 0 Å². The van der Waals surface area contributed by atoms with Gasteiger partial charge < -0.3 is 5.11 Å². The number of aliphatic carboxylic acids is 1. The molecule has 0 atom stereocenters. The highest BCUT2D eigenvalue weighted by molar-refractivity contribution is 7.97. The van der Waals surface area contributed by atoms with Gasteiger partial charge in [-0.05, 0) is 19.1 Å². The maximum atomic E-state index is 10.7. The normalized spacial score (nSPS) is 15.5. The molecule has 0 spiro atoms. The first-order chi connectivity index (χ1) is 7.20. The lowest BCUT2D eigenvalue weighted by atomic mass is 10.2. The molecule has 1 aromatic rings. The molecule has 3 nitrogen and oxygen atoms in total. The molecule has 0 saturated heterocycles. The number of carboxylic acids is 1. The number of hydrogen-bond donors (Lipinski definition) is 1. The molecular formula is C10H13NO2S2. The van der Waals surface area contributed by atoms with E-state index in [4.69, 9.17) is 5.11 Å². The highest BCUT2D eigenvalue weighted by atomic mass is 32.2. The Labute approximate surface area is 96.9 Å². The zero-order valence-electron chi connectivity index (χ0n) is 8.52. The largest absolute Gasteiger partial charge is 0.481 e. The Balaban J connectivity index is 2.20. The van der Waals surface area contributed by atoms with E-state index in [0.717, 1.165) is 21.3 Å². The lowest BCUT2D eigenvalue weighted by Crippen LogP contribution is -2.00. The highest BCUT2D eigenvalue weighted by Gasteiger charge is 2.30. The van der Waals surface area contributed by atoms with Crippen molar-refractivity contribution in [2.45, 2.75) is 30.9 Å². The standard InChI is InChI=1S/C10H13NO2S2/c1-14-5-8-11-10(6-2-3-6)7(15-8)4-9(12)13/h6H,2-5H2,1H3,(H,12,13). The van der Waals surface area contributed by atoms with Gasteiger partial charge in [-0.3, -0.25) is 4.79 Å². The van der Waals surface area contributed by atoms with Gasteiger partial charge in [0.15, 0.2) is 0 Å². The molecule has 1 aliphatic carbocycles. The van der Waals surface area contributed by atoms with Gasteiger partial charge in [0.1, 0.15) is 5.01 Å². The Hall–Kier alpha value is -0.550. The number of nitrogens with zero attached hydrogens (tertiary/aromatic N) is 1. The fourth-order valence-electron chi connectivity index (χ4n) is 1.54. The quantitative estimate of drug-likeness (QED) is 0.863. The van der Waals surface area contributed by atoms with Crippen molar-refractivity contribution in [2.75, 3.05) is 6.26 Å². The van der Waals surface area contributed by atoms with E-state index in [1.807, 2.05) is 6.26 Å². The van der Waals surface area contributed by atoms with E-state index in [0.29, 0.717) is 5.92 Å². The lowest BCUT2D eigenvalue weighted by molar-refractivity contribution is -0.136. The van der Waals surface area contributed by atoms with Crippen LogP contribution in [0.5, 0.6) is 0 Å². The Morgan fingerprint density at radius 1 is 1.67 bits per heavy atom. The van der Waals surface area contributed by atoms with Crippen LogP contribution in [0.1, 0.15) is 34.3 Å². The molecule has 2 rings (SSSR count). The molecule has 1 aliphatic rings. The van der Waals surface area contributed by atoms with Crippen LogP contribution in [-0.2, 0) is 17.0 Å². The van der Waals surface area contributed by atoms with Crippen molar-refractivity contribution in [2.24, 2.45) is 0 Å². The molecule has 0 aromatic carbocycles. The molecule has 0 amide bonds. The number of thioether (sulfide) groups is 1. The summed E-state index contributed by atoms with van der Waals surface area (Å²) in [4.78, 5) is 16.2. The van der Waals surface area contributed by atoms with Crippen LogP contribution in [-0.4, -0.2) is 22.3 Å². The Morgan fingerprint density at radius 3 is 2.93 bits per heavy atom. The molecule has 0 aliphatic heterocycles. The molecular weight excluding hydrogens is 230 g/mol. The third-order valence-corrected chi connectivity index (χ3v) is 4.13. The minimum absolute atomic E-state index is 0.137. The number of carbonyl (C=O) groups is 1. The van der Waals surface area contributed by atoms with Crippen LogP contribution in [0.4, 0.5) is 0 Å². The predicted octanol–water partition coefficient (Wildman–Crippen LogP) is 2.51. The van der Waals surface area contributed by atoms with Crippen molar-refractivity contribution in [1.82, 2.24) is 4.98 Å². The van der Waals surface area contributed by atoms with Gasteiger partial charge in [0.05, 0.1) is 12.1 Å². The zero-order chi connectivity index (χ0) is 10.8.